The molecular formula is C23H20N4O3S. The van der Waals surface area contributed by atoms with Crippen LogP contribution in [-0.2, 0) is 6.61 Å². The lowest BCUT2D eigenvalue weighted by molar-refractivity contribution is -0.384. The van der Waals surface area contributed by atoms with Gasteiger partial charge in [0.2, 0.25) is 0 Å². The number of nitro benzene ring substituents is 1. The van der Waals surface area contributed by atoms with Gasteiger partial charge in [0, 0.05) is 30.6 Å². The molecule has 0 unspecified atom stereocenters. The van der Waals surface area contributed by atoms with Crippen molar-refractivity contribution in [2.24, 2.45) is 4.99 Å². The lowest BCUT2D eigenvalue weighted by Crippen LogP contribution is -2.27. The molecule has 0 aliphatic carbocycles. The van der Waals surface area contributed by atoms with E-state index < -0.39 is 4.92 Å². The summed E-state index contributed by atoms with van der Waals surface area (Å²) in [5.74, 6) is 1.81. The standard InChI is InChI=1S/C23H20N4O3S/c28-27(29)18-8-4-16(5-9-18)15-30-19-10-6-17(7-11-19)22-21(20-3-1-2-12-24-20)25-23-26(22)13-14-31-23/h1-12,21-22H,13-15H2/t21-,22+/m1/s1. The highest BCUT2D eigenvalue weighted by Crippen LogP contribution is 2.45. The molecule has 7 nitrogen and oxygen atoms in total. The number of aliphatic imine (C=N–C) groups is 1. The Kier molecular flexibility index (Phi) is 5.30. The smallest absolute Gasteiger partial charge is 0.269 e. The van der Waals surface area contributed by atoms with Gasteiger partial charge in [0.1, 0.15) is 18.4 Å². The van der Waals surface area contributed by atoms with E-state index in [9.17, 15) is 10.1 Å². The van der Waals surface area contributed by atoms with Crippen LogP contribution in [0.5, 0.6) is 5.75 Å². The maximum absolute atomic E-state index is 10.8. The molecular weight excluding hydrogens is 412 g/mol. The molecule has 31 heavy (non-hydrogen) atoms. The first kappa shape index (κ1) is 19.6. The van der Waals surface area contributed by atoms with Gasteiger partial charge in [0.15, 0.2) is 5.17 Å². The first-order valence-corrected chi connectivity index (χ1v) is 11.0. The van der Waals surface area contributed by atoms with Gasteiger partial charge in [0.05, 0.1) is 16.7 Å². The fourth-order valence-corrected chi connectivity index (χ4v) is 4.96. The number of ether oxygens (including phenoxy) is 1. The third-order valence-corrected chi connectivity index (χ3v) is 6.44. The zero-order chi connectivity index (χ0) is 21.2. The fraction of sp³-hybridized carbons (Fsp3) is 0.217. The Morgan fingerprint density at radius 2 is 1.90 bits per heavy atom. The number of rotatable bonds is 6. The molecule has 0 spiro atoms. The summed E-state index contributed by atoms with van der Waals surface area (Å²) >= 11 is 1.80. The Balaban J connectivity index is 1.31. The van der Waals surface area contributed by atoms with Gasteiger partial charge < -0.3 is 9.64 Å². The molecule has 0 amide bonds. The van der Waals surface area contributed by atoms with Gasteiger partial charge in [-0.15, -0.1) is 0 Å². The minimum absolute atomic E-state index is 0.0177. The second kappa shape index (κ2) is 8.39. The van der Waals surface area contributed by atoms with Gasteiger partial charge in [-0.05, 0) is 47.5 Å². The summed E-state index contributed by atoms with van der Waals surface area (Å²) in [5.41, 5.74) is 3.12. The number of amidine groups is 1. The SMILES string of the molecule is O=[N+]([O-])c1ccc(COc2ccc([C@H]3[C@@H](c4ccccn4)N=C4SCCN43)cc2)cc1. The number of benzene rings is 2. The highest BCUT2D eigenvalue weighted by molar-refractivity contribution is 8.14. The monoisotopic (exact) mass is 432 g/mol. The molecule has 8 heteroatoms. The van der Waals surface area contributed by atoms with E-state index in [1.807, 2.05) is 36.5 Å². The van der Waals surface area contributed by atoms with Crippen LogP contribution in [0.25, 0.3) is 0 Å². The van der Waals surface area contributed by atoms with Crippen LogP contribution < -0.4 is 4.74 Å². The van der Waals surface area contributed by atoms with Crippen molar-refractivity contribution in [1.82, 2.24) is 9.88 Å². The molecule has 5 rings (SSSR count). The van der Waals surface area contributed by atoms with Crippen LogP contribution in [0.2, 0.25) is 0 Å². The molecule has 2 aromatic carbocycles. The highest BCUT2D eigenvalue weighted by Gasteiger charge is 2.41. The molecule has 1 saturated heterocycles. The van der Waals surface area contributed by atoms with Crippen molar-refractivity contribution in [1.29, 1.82) is 0 Å². The maximum Gasteiger partial charge on any atom is 0.269 e. The normalized spacial score (nSPS) is 19.7. The largest absolute Gasteiger partial charge is 0.489 e. The highest BCUT2D eigenvalue weighted by atomic mass is 32.2. The van der Waals surface area contributed by atoms with Gasteiger partial charge in [-0.25, -0.2) is 0 Å². The molecule has 0 bridgehead atoms. The fourth-order valence-electron chi connectivity index (χ4n) is 3.93. The van der Waals surface area contributed by atoms with Gasteiger partial charge in [-0.3, -0.25) is 20.1 Å². The van der Waals surface area contributed by atoms with Gasteiger partial charge >= 0.3 is 0 Å². The molecule has 2 aliphatic rings. The third-order valence-electron chi connectivity index (χ3n) is 5.46. The third kappa shape index (κ3) is 3.98. The molecule has 2 atom stereocenters. The Labute approximate surface area is 183 Å². The molecule has 3 aromatic rings. The molecule has 2 aliphatic heterocycles. The summed E-state index contributed by atoms with van der Waals surface area (Å²) in [7, 11) is 0. The van der Waals surface area contributed by atoms with E-state index in [-0.39, 0.29) is 17.8 Å². The zero-order valence-corrected chi connectivity index (χ0v) is 17.4. The second-order valence-corrected chi connectivity index (χ2v) is 8.44. The predicted octanol–water partition coefficient (Wildman–Crippen LogP) is 4.77. The summed E-state index contributed by atoms with van der Waals surface area (Å²) in [4.78, 5) is 22.3. The van der Waals surface area contributed by atoms with Crippen LogP contribution in [0, 0.1) is 10.1 Å². The van der Waals surface area contributed by atoms with Crippen molar-refractivity contribution in [3.05, 3.63) is 99.9 Å². The minimum atomic E-state index is -0.404. The first-order valence-electron chi connectivity index (χ1n) is 10.0. The summed E-state index contributed by atoms with van der Waals surface area (Å²) in [6.45, 7) is 1.34. The number of aromatic nitrogens is 1. The second-order valence-electron chi connectivity index (χ2n) is 7.38. The quantitative estimate of drug-likeness (QED) is 0.412. The number of hydrogen-bond acceptors (Lipinski definition) is 7. The van der Waals surface area contributed by atoms with Gasteiger partial charge in [-0.1, -0.05) is 30.0 Å². The minimum Gasteiger partial charge on any atom is -0.489 e. The number of fused-ring (bicyclic) bond motifs is 1. The van der Waals surface area contributed by atoms with Crippen LogP contribution in [-0.4, -0.2) is 32.3 Å². The number of pyridine rings is 1. The topological polar surface area (TPSA) is 80.9 Å². The maximum atomic E-state index is 10.8. The number of non-ortho nitro benzene ring substituents is 1. The summed E-state index contributed by atoms with van der Waals surface area (Å²) < 4.78 is 5.88. The lowest BCUT2D eigenvalue weighted by atomic mass is 9.96. The van der Waals surface area contributed by atoms with Gasteiger partial charge in [0.25, 0.3) is 5.69 Å². The van der Waals surface area contributed by atoms with Crippen molar-refractivity contribution < 1.29 is 9.66 Å². The van der Waals surface area contributed by atoms with E-state index in [0.29, 0.717) is 6.61 Å². The Hall–Kier alpha value is -3.39. The van der Waals surface area contributed by atoms with Crippen molar-refractivity contribution in [3.8, 4) is 5.75 Å². The Morgan fingerprint density at radius 1 is 1.10 bits per heavy atom. The number of nitrogens with zero attached hydrogens (tertiary/aromatic N) is 4. The lowest BCUT2D eigenvalue weighted by Gasteiger charge is -2.27. The van der Waals surface area contributed by atoms with Crippen LogP contribution in [0.3, 0.4) is 0 Å². The van der Waals surface area contributed by atoms with E-state index in [1.165, 1.54) is 17.7 Å². The van der Waals surface area contributed by atoms with E-state index in [1.54, 1.807) is 23.9 Å². The average molecular weight is 433 g/mol. The van der Waals surface area contributed by atoms with Crippen LogP contribution >= 0.6 is 11.8 Å². The van der Waals surface area contributed by atoms with Crippen LogP contribution in [0.1, 0.15) is 28.9 Å². The van der Waals surface area contributed by atoms with Crippen LogP contribution in [0.4, 0.5) is 5.69 Å². The summed E-state index contributed by atoms with van der Waals surface area (Å²) in [5, 5.41) is 11.9. The molecule has 1 fully saturated rings. The van der Waals surface area contributed by atoms with E-state index >= 15 is 0 Å². The molecule has 3 heterocycles. The number of nitro groups is 1. The Morgan fingerprint density at radius 3 is 2.61 bits per heavy atom. The summed E-state index contributed by atoms with van der Waals surface area (Å²) in [6, 6.07) is 20.6. The van der Waals surface area contributed by atoms with Crippen molar-refractivity contribution in [2.75, 3.05) is 12.3 Å². The van der Waals surface area contributed by atoms with Crippen LogP contribution in [0.15, 0.2) is 77.9 Å². The molecule has 156 valence electrons. The number of hydrogen-bond donors (Lipinski definition) is 0. The molecule has 1 aromatic heterocycles. The summed E-state index contributed by atoms with van der Waals surface area (Å²) in [6.07, 6.45) is 1.82. The zero-order valence-electron chi connectivity index (χ0n) is 16.6. The van der Waals surface area contributed by atoms with Crippen molar-refractivity contribution in [2.45, 2.75) is 18.7 Å². The first-order chi connectivity index (χ1) is 15.2. The van der Waals surface area contributed by atoms with Crippen molar-refractivity contribution >= 4 is 22.6 Å². The Bertz CT molecular complexity index is 1100. The van der Waals surface area contributed by atoms with Crippen molar-refractivity contribution in [3.63, 3.8) is 0 Å². The number of thioether (sulfide) groups is 1. The molecule has 0 saturated carbocycles. The average Bonchev–Trinajstić information content (AvgIpc) is 3.40. The van der Waals surface area contributed by atoms with E-state index in [0.717, 1.165) is 34.5 Å². The molecule has 0 N–H and O–H groups in total. The van der Waals surface area contributed by atoms with Gasteiger partial charge in [-0.2, -0.15) is 0 Å². The van der Waals surface area contributed by atoms with E-state index in [4.69, 9.17) is 9.73 Å². The predicted molar refractivity (Wildman–Crippen MR) is 120 cm³/mol. The molecule has 0 radical (unpaired) electrons. The van der Waals surface area contributed by atoms with E-state index in [2.05, 4.69) is 22.0 Å².